The van der Waals surface area contributed by atoms with Gasteiger partial charge in [-0.25, -0.2) is 8.78 Å². The largest absolute Gasteiger partial charge is 0.507 e. The van der Waals surface area contributed by atoms with E-state index in [4.69, 9.17) is 4.74 Å². The quantitative estimate of drug-likeness (QED) is 0.784. The van der Waals surface area contributed by atoms with Gasteiger partial charge in [0.2, 0.25) is 0 Å². The molecule has 168 valence electrons. The number of hydrazone groups is 1. The first-order valence-corrected chi connectivity index (χ1v) is 10.5. The molecular formula is C24H25F2N3O3. The number of carbonyl (C=O) groups excluding carboxylic acids is 1. The Morgan fingerprint density at radius 1 is 1.09 bits per heavy atom. The van der Waals surface area contributed by atoms with Gasteiger partial charge in [-0.15, -0.1) is 0 Å². The van der Waals surface area contributed by atoms with Gasteiger partial charge < -0.3 is 14.7 Å². The Bertz CT molecular complexity index is 1020. The number of aliphatic hydroxyl groups excluding tert-OH is 1. The number of fused-ring (bicyclic) bond motifs is 1. The van der Waals surface area contributed by atoms with Gasteiger partial charge in [0.05, 0.1) is 18.9 Å². The average Bonchev–Trinajstić information content (AvgIpc) is 2.73. The summed E-state index contributed by atoms with van der Waals surface area (Å²) in [4.78, 5) is 14.9. The fraction of sp³-hybridized carbons (Fsp3) is 0.333. The Morgan fingerprint density at radius 3 is 2.28 bits per heavy atom. The number of carbonyl (C=O) groups is 1. The lowest BCUT2D eigenvalue weighted by Gasteiger charge is -2.46. The Kier molecular flexibility index (Phi) is 6.23. The third-order valence-electron chi connectivity index (χ3n) is 5.72. The summed E-state index contributed by atoms with van der Waals surface area (Å²) in [6, 6.07) is 11.6. The zero-order chi connectivity index (χ0) is 22.8. The van der Waals surface area contributed by atoms with Crippen molar-refractivity contribution in [2.45, 2.75) is 31.8 Å². The molecular weight excluding hydrogens is 416 g/mol. The molecule has 0 unspecified atom stereocenters. The summed E-state index contributed by atoms with van der Waals surface area (Å²) in [6.45, 7) is 4.04. The lowest BCUT2D eigenvalue weighted by atomic mass is 9.83. The van der Waals surface area contributed by atoms with Crippen LogP contribution in [0.5, 0.6) is 0 Å². The van der Waals surface area contributed by atoms with Crippen molar-refractivity contribution < 1.29 is 23.4 Å². The second kappa shape index (κ2) is 9.08. The second-order valence-electron chi connectivity index (χ2n) is 8.16. The molecule has 2 aliphatic heterocycles. The van der Waals surface area contributed by atoms with E-state index in [9.17, 15) is 18.7 Å². The van der Waals surface area contributed by atoms with Crippen molar-refractivity contribution in [3.05, 3.63) is 82.7 Å². The van der Waals surface area contributed by atoms with E-state index >= 15 is 0 Å². The maximum atomic E-state index is 14.2. The predicted octanol–water partition coefficient (Wildman–Crippen LogP) is 3.80. The Hall–Kier alpha value is -3.26. The monoisotopic (exact) mass is 441 g/mol. The molecule has 0 radical (unpaired) electrons. The van der Waals surface area contributed by atoms with Crippen LogP contribution in [0.25, 0.3) is 0 Å². The third kappa shape index (κ3) is 4.23. The van der Waals surface area contributed by atoms with Gasteiger partial charge in [0.15, 0.2) is 5.70 Å². The van der Waals surface area contributed by atoms with Crippen molar-refractivity contribution in [2.75, 3.05) is 19.8 Å². The number of halogens is 2. The predicted molar refractivity (Wildman–Crippen MR) is 116 cm³/mol. The molecule has 0 spiro atoms. The third-order valence-corrected chi connectivity index (χ3v) is 5.72. The second-order valence-corrected chi connectivity index (χ2v) is 8.16. The summed E-state index contributed by atoms with van der Waals surface area (Å²) in [5.41, 5.74) is 1.25. The molecule has 6 nitrogen and oxygen atoms in total. The van der Waals surface area contributed by atoms with Crippen LogP contribution in [0.1, 0.15) is 30.9 Å². The van der Waals surface area contributed by atoms with Gasteiger partial charge >= 0.3 is 0 Å². The van der Waals surface area contributed by atoms with E-state index in [1.165, 1.54) is 35.5 Å². The lowest BCUT2D eigenvalue weighted by molar-refractivity contribution is -0.136. The number of piperazine rings is 1. The summed E-state index contributed by atoms with van der Waals surface area (Å²) in [5.74, 6) is -1.96. The smallest absolute Gasteiger partial charge is 0.275 e. The summed E-state index contributed by atoms with van der Waals surface area (Å²) >= 11 is 0. The van der Waals surface area contributed by atoms with Gasteiger partial charge in [-0.2, -0.15) is 5.10 Å². The average molecular weight is 441 g/mol. The molecule has 4 rings (SSSR count). The van der Waals surface area contributed by atoms with Crippen LogP contribution >= 0.6 is 0 Å². The number of benzene rings is 2. The summed E-state index contributed by atoms with van der Waals surface area (Å²) in [7, 11) is 0. The zero-order valence-electron chi connectivity index (χ0n) is 17.9. The lowest BCUT2D eigenvalue weighted by Crippen LogP contribution is -2.57. The number of hydrogen-bond donors (Lipinski definition) is 1. The van der Waals surface area contributed by atoms with Crippen LogP contribution in [0.15, 0.2) is 65.1 Å². The minimum absolute atomic E-state index is 0.0173. The minimum atomic E-state index is -0.531. The normalized spacial score (nSPS) is 20.4. The first-order chi connectivity index (χ1) is 15.4. The SMILES string of the molecule is CC(C)N1C[C@H](C(c2cccc(F)c2)c2cccc(F)c2)N2/N=C\COCC(O)=C2C1=O. The highest BCUT2D eigenvalue weighted by Crippen LogP contribution is 2.38. The van der Waals surface area contributed by atoms with Gasteiger partial charge in [-0.3, -0.25) is 9.80 Å². The molecule has 1 saturated heterocycles. The fourth-order valence-electron chi connectivity index (χ4n) is 4.29. The molecule has 1 fully saturated rings. The number of ether oxygens (including phenoxy) is 1. The molecule has 0 aliphatic carbocycles. The topological polar surface area (TPSA) is 65.4 Å². The van der Waals surface area contributed by atoms with Gasteiger partial charge in [0, 0.05) is 18.5 Å². The van der Waals surface area contributed by atoms with Crippen LogP contribution in [0.2, 0.25) is 0 Å². The van der Waals surface area contributed by atoms with Crippen LogP contribution in [0.4, 0.5) is 8.78 Å². The molecule has 8 heteroatoms. The van der Waals surface area contributed by atoms with Crippen molar-refractivity contribution >= 4 is 12.1 Å². The maximum Gasteiger partial charge on any atom is 0.275 e. The van der Waals surface area contributed by atoms with E-state index in [1.807, 2.05) is 13.8 Å². The van der Waals surface area contributed by atoms with E-state index in [2.05, 4.69) is 5.10 Å². The van der Waals surface area contributed by atoms with Crippen LogP contribution in [0, 0.1) is 11.6 Å². The number of aliphatic hydroxyl groups is 1. The molecule has 32 heavy (non-hydrogen) atoms. The molecule has 1 N–H and O–H groups in total. The standard InChI is InChI=1S/C24H25F2N3O3/c1-15(2)28-13-20(29-23(24(28)31)21(30)14-32-10-9-27-29)22(16-5-3-7-18(25)11-16)17-6-4-8-19(26)12-17/h3-9,11-12,15,20,22,30H,10,13-14H2,1-2H3/b23-21?,27-9-/t20-/m1/s1. The van der Waals surface area contributed by atoms with E-state index in [-0.39, 0.29) is 43.2 Å². The number of rotatable bonds is 4. The molecule has 0 bridgehead atoms. The minimum Gasteiger partial charge on any atom is -0.507 e. The van der Waals surface area contributed by atoms with Crippen LogP contribution in [0.3, 0.4) is 0 Å². The highest BCUT2D eigenvalue weighted by molar-refractivity contribution is 5.94. The van der Waals surface area contributed by atoms with Crippen molar-refractivity contribution in [3.63, 3.8) is 0 Å². The highest BCUT2D eigenvalue weighted by Gasteiger charge is 2.44. The molecule has 2 aromatic carbocycles. The number of nitrogens with zero attached hydrogens (tertiary/aromatic N) is 3. The highest BCUT2D eigenvalue weighted by atomic mass is 19.1. The summed E-state index contributed by atoms with van der Waals surface area (Å²) < 4.78 is 33.8. The molecule has 0 saturated carbocycles. The molecule has 1 atom stereocenters. The van der Waals surface area contributed by atoms with Crippen molar-refractivity contribution in [1.82, 2.24) is 9.91 Å². The van der Waals surface area contributed by atoms with Crippen LogP contribution < -0.4 is 0 Å². The van der Waals surface area contributed by atoms with Crippen molar-refractivity contribution in [1.29, 1.82) is 0 Å². The molecule has 1 amide bonds. The molecule has 0 aromatic heterocycles. The molecule has 2 aliphatic rings. The molecule has 2 aromatic rings. The van der Waals surface area contributed by atoms with E-state index in [0.717, 1.165) is 0 Å². The zero-order valence-corrected chi connectivity index (χ0v) is 17.9. The van der Waals surface area contributed by atoms with Gasteiger partial charge in [0.1, 0.15) is 24.0 Å². The van der Waals surface area contributed by atoms with Gasteiger partial charge in [-0.05, 0) is 49.2 Å². The van der Waals surface area contributed by atoms with Crippen LogP contribution in [-0.2, 0) is 9.53 Å². The first-order valence-electron chi connectivity index (χ1n) is 10.5. The fourth-order valence-corrected chi connectivity index (χ4v) is 4.29. The maximum absolute atomic E-state index is 14.2. The Balaban J connectivity index is 1.92. The van der Waals surface area contributed by atoms with E-state index in [1.54, 1.807) is 29.2 Å². The van der Waals surface area contributed by atoms with Crippen molar-refractivity contribution in [3.8, 4) is 0 Å². The molecule has 2 heterocycles. The summed E-state index contributed by atoms with van der Waals surface area (Å²) in [6.07, 6.45) is 1.52. The van der Waals surface area contributed by atoms with Gasteiger partial charge in [0.25, 0.3) is 5.91 Å². The van der Waals surface area contributed by atoms with Crippen molar-refractivity contribution in [2.24, 2.45) is 5.10 Å². The van der Waals surface area contributed by atoms with Gasteiger partial charge in [-0.1, -0.05) is 24.3 Å². The van der Waals surface area contributed by atoms with Crippen LogP contribution in [-0.4, -0.2) is 59.0 Å². The Morgan fingerprint density at radius 2 is 1.72 bits per heavy atom. The Labute approximate surface area is 185 Å². The number of hydrogen-bond acceptors (Lipinski definition) is 5. The van der Waals surface area contributed by atoms with E-state index in [0.29, 0.717) is 11.1 Å². The van der Waals surface area contributed by atoms with E-state index < -0.39 is 23.6 Å². The number of amides is 1. The first kappa shape index (κ1) is 22.0. The summed E-state index contributed by atoms with van der Waals surface area (Å²) in [5, 5.41) is 16.6.